The lowest BCUT2D eigenvalue weighted by Gasteiger charge is -2.26. The second-order valence-electron chi connectivity index (χ2n) is 4.50. The van der Waals surface area contributed by atoms with Gasteiger partial charge < -0.3 is 14.8 Å². The van der Waals surface area contributed by atoms with Gasteiger partial charge in [0.15, 0.2) is 0 Å². The summed E-state index contributed by atoms with van der Waals surface area (Å²) in [5.74, 6) is 0. The quantitative estimate of drug-likeness (QED) is 0.483. The molecule has 3 heteroatoms. The fraction of sp³-hybridized carbons (Fsp3) is 0.846. The van der Waals surface area contributed by atoms with Crippen molar-refractivity contribution in [2.45, 2.75) is 37.7 Å². The molecule has 1 rings (SSSR count). The zero-order valence-corrected chi connectivity index (χ0v) is 10.5. The molecule has 0 aromatic carbocycles. The highest BCUT2D eigenvalue weighted by Gasteiger charge is 2.34. The van der Waals surface area contributed by atoms with Gasteiger partial charge in [0.05, 0.1) is 6.61 Å². The molecule has 1 fully saturated rings. The van der Waals surface area contributed by atoms with Crippen LogP contribution < -0.4 is 5.32 Å². The van der Waals surface area contributed by atoms with Crippen LogP contribution in [0.2, 0.25) is 0 Å². The normalized spacial score (nSPS) is 24.8. The van der Waals surface area contributed by atoms with E-state index in [1.54, 1.807) is 7.11 Å². The molecule has 1 atom stereocenters. The molecule has 3 nitrogen and oxygen atoms in total. The van der Waals surface area contributed by atoms with E-state index in [-0.39, 0.29) is 5.60 Å². The van der Waals surface area contributed by atoms with Crippen LogP contribution in [0.1, 0.15) is 32.1 Å². The second-order valence-corrected chi connectivity index (χ2v) is 4.50. The first kappa shape index (κ1) is 13.7. The Morgan fingerprint density at radius 3 is 2.94 bits per heavy atom. The molecule has 1 saturated heterocycles. The van der Waals surface area contributed by atoms with Crippen LogP contribution in [0, 0.1) is 0 Å². The van der Waals surface area contributed by atoms with E-state index in [0.717, 1.165) is 39.1 Å². The van der Waals surface area contributed by atoms with Crippen molar-refractivity contribution in [2.75, 3.05) is 33.4 Å². The fourth-order valence-electron chi connectivity index (χ4n) is 1.99. The van der Waals surface area contributed by atoms with Crippen LogP contribution in [-0.2, 0) is 9.47 Å². The lowest BCUT2D eigenvalue weighted by Crippen LogP contribution is -2.43. The van der Waals surface area contributed by atoms with Gasteiger partial charge in [0.1, 0.15) is 5.60 Å². The second kappa shape index (κ2) is 7.82. The van der Waals surface area contributed by atoms with Crippen LogP contribution in [0.4, 0.5) is 0 Å². The SMILES string of the molecule is C=CCCCCCNCC1(OC)CCOC1. The molecule has 1 unspecified atom stereocenters. The summed E-state index contributed by atoms with van der Waals surface area (Å²) in [6, 6.07) is 0. The highest BCUT2D eigenvalue weighted by molar-refractivity contribution is 4.86. The average molecular weight is 227 g/mol. The van der Waals surface area contributed by atoms with Crippen molar-refractivity contribution in [2.24, 2.45) is 0 Å². The lowest BCUT2D eigenvalue weighted by molar-refractivity contribution is -0.0156. The van der Waals surface area contributed by atoms with E-state index in [4.69, 9.17) is 9.47 Å². The maximum atomic E-state index is 5.54. The average Bonchev–Trinajstić information content (AvgIpc) is 2.77. The van der Waals surface area contributed by atoms with Gasteiger partial charge in [-0.05, 0) is 25.8 Å². The Hall–Kier alpha value is -0.380. The number of ether oxygens (including phenoxy) is 2. The summed E-state index contributed by atoms with van der Waals surface area (Å²) < 4.78 is 10.9. The maximum Gasteiger partial charge on any atom is 0.106 e. The van der Waals surface area contributed by atoms with Crippen molar-refractivity contribution < 1.29 is 9.47 Å². The van der Waals surface area contributed by atoms with Crippen LogP contribution in [-0.4, -0.2) is 39.0 Å². The Bertz CT molecular complexity index is 188. The molecule has 0 amide bonds. The Balaban J connectivity index is 1.99. The van der Waals surface area contributed by atoms with Crippen LogP contribution >= 0.6 is 0 Å². The van der Waals surface area contributed by atoms with Gasteiger partial charge in [0, 0.05) is 26.7 Å². The highest BCUT2D eigenvalue weighted by Crippen LogP contribution is 2.21. The smallest absolute Gasteiger partial charge is 0.106 e. The number of rotatable bonds is 9. The zero-order chi connectivity index (χ0) is 11.7. The first-order valence-electron chi connectivity index (χ1n) is 6.27. The van der Waals surface area contributed by atoms with Gasteiger partial charge in [-0.1, -0.05) is 12.5 Å². The molecule has 1 heterocycles. The van der Waals surface area contributed by atoms with Crippen molar-refractivity contribution in [1.29, 1.82) is 0 Å². The minimum atomic E-state index is -0.0683. The molecule has 1 aliphatic rings. The number of unbranched alkanes of at least 4 members (excludes halogenated alkanes) is 3. The predicted octanol–water partition coefficient (Wildman–Crippen LogP) is 2.13. The molecule has 0 aliphatic carbocycles. The zero-order valence-electron chi connectivity index (χ0n) is 10.5. The molecule has 0 saturated carbocycles. The van der Waals surface area contributed by atoms with Crippen molar-refractivity contribution in [3.63, 3.8) is 0 Å². The van der Waals surface area contributed by atoms with Crippen molar-refractivity contribution in [1.82, 2.24) is 5.32 Å². The summed E-state index contributed by atoms with van der Waals surface area (Å²) in [5.41, 5.74) is -0.0683. The summed E-state index contributed by atoms with van der Waals surface area (Å²) in [6.07, 6.45) is 7.89. The van der Waals surface area contributed by atoms with Gasteiger partial charge in [0.2, 0.25) is 0 Å². The third-order valence-electron chi connectivity index (χ3n) is 3.21. The largest absolute Gasteiger partial charge is 0.378 e. The fourth-order valence-corrected chi connectivity index (χ4v) is 1.99. The number of methoxy groups -OCH3 is 1. The van der Waals surface area contributed by atoms with Gasteiger partial charge in [0.25, 0.3) is 0 Å². The summed E-state index contributed by atoms with van der Waals surface area (Å²) in [5, 5.41) is 3.47. The van der Waals surface area contributed by atoms with Crippen LogP contribution in [0.5, 0.6) is 0 Å². The summed E-state index contributed by atoms with van der Waals surface area (Å²) in [4.78, 5) is 0. The Labute approximate surface area is 99.2 Å². The van der Waals surface area contributed by atoms with Crippen molar-refractivity contribution in [3.05, 3.63) is 12.7 Å². The molecule has 0 radical (unpaired) electrons. The Kier molecular flexibility index (Phi) is 6.69. The van der Waals surface area contributed by atoms with E-state index in [9.17, 15) is 0 Å². The van der Waals surface area contributed by atoms with E-state index in [0.29, 0.717) is 0 Å². The molecule has 1 aliphatic heterocycles. The van der Waals surface area contributed by atoms with E-state index < -0.39 is 0 Å². The third kappa shape index (κ3) is 4.64. The number of nitrogens with one attached hydrogen (secondary N) is 1. The third-order valence-corrected chi connectivity index (χ3v) is 3.21. The lowest BCUT2D eigenvalue weighted by atomic mass is 10.0. The van der Waals surface area contributed by atoms with Crippen molar-refractivity contribution in [3.8, 4) is 0 Å². The van der Waals surface area contributed by atoms with E-state index >= 15 is 0 Å². The van der Waals surface area contributed by atoms with Gasteiger partial charge >= 0.3 is 0 Å². The first-order chi connectivity index (χ1) is 7.83. The molecule has 94 valence electrons. The summed E-state index contributed by atoms with van der Waals surface area (Å²) >= 11 is 0. The molecule has 0 aromatic rings. The van der Waals surface area contributed by atoms with Crippen LogP contribution in [0.3, 0.4) is 0 Å². The van der Waals surface area contributed by atoms with Gasteiger partial charge in [-0.3, -0.25) is 0 Å². The number of hydrogen-bond donors (Lipinski definition) is 1. The molecular formula is C13H25NO2. The van der Waals surface area contributed by atoms with E-state index in [1.165, 1.54) is 19.3 Å². The van der Waals surface area contributed by atoms with Crippen LogP contribution in [0.25, 0.3) is 0 Å². The summed E-state index contributed by atoms with van der Waals surface area (Å²) in [7, 11) is 1.78. The van der Waals surface area contributed by atoms with E-state index in [1.807, 2.05) is 6.08 Å². The maximum absolute atomic E-state index is 5.54. The number of hydrogen-bond acceptors (Lipinski definition) is 3. The van der Waals surface area contributed by atoms with Gasteiger partial charge in [-0.25, -0.2) is 0 Å². The van der Waals surface area contributed by atoms with E-state index in [2.05, 4.69) is 11.9 Å². The number of allylic oxidation sites excluding steroid dienone is 1. The highest BCUT2D eigenvalue weighted by atomic mass is 16.5. The molecule has 0 bridgehead atoms. The Morgan fingerprint density at radius 2 is 2.31 bits per heavy atom. The summed E-state index contributed by atoms with van der Waals surface area (Å²) in [6.45, 7) is 7.26. The molecule has 0 spiro atoms. The standard InChI is InChI=1S/C13H25NO2/c1-3-4-5-6-7-9-14-11-13(15-2)8-10-16-12-13/h3,14H,1,4-12H2,2H3. The first-order valence-corrected chi connectivity index (χ1v) is 6.27. The molecular weight excluding hydrogens is 202 g/mol. The monoisotopic (exact) mass is 227 g/mol. The van der Waals surface area contributed by atoms with Crippen molar-refractivity contribution >= 4 is 0 Å². The Morgan fingerprint density at radius 1 is 1.44 bits per heavy atom. The van der Waals surface area contributed by atoms with Gasteiger partial charge in [-0.2, -0.15) is 0 Å². The topological polar surface area (TPSA) is 30.5 Å². The molecule has 0 aromatic heterocycles. The molecule has 1 N–H and O–H groups in total. The van der Waals surface area contributed by atoms with Crippen LogP contribution in [0.15, 0.2) is 12.7 Å². The molecule has 16 heavy (non-hydrogen) atoms. The predicted molar refractivity (Wildman–Crippen MR) is 66.7 cm³/mol. The minimum absolute atomic E-state index is 0.0683. The van der Waals surface area contributed by atoms with Gasteiger partial charge in [-0.15, -0.1) is 6.58 Å². The minimum Gasteiger partial charge on any atom is -0.378 e.